The molecule has 0 saturated carbocycles. The summed E-state index contributed by atoms with van der Waals surface area (Å²) in [7, 11) is 1.64. The minimum atomic E-state index is -0.318. The minimum Gasteiger partial charge on any atom is -0.497 e. The molecule has 3 aromatic carbocycles. The normalized spacial score (nSPS) is 17.1. The molecule has 2 atom stereocenters. The van der Waals surface area contributed by atoms with Gasteiger partial charge in [0.25, 0.3) is 0 Å². The summed E-state index contributed by atoms with van der Waals surface area (Å²) < 4.78 is 5.34. The van der Waals surface area contributed by atoms with E-state index in [9.17, 15) is 9.59 Å². The van der Waals surface area contributed by atoms with Crippen molar-refractivity contribution in [1.82, 2.24) is 15.2 Å². The Kier molecular flexibility index (Phi) is 6.27. The van der Waals surface area contributed by atoms with Crippen molar-refractivity contribution in [2.45, 2.75) is 38.4 Å². The Labute approximate surface area is 204 Å². The van der Waals surface area contributed by atoms with E-state index >= 15 is 0 Å². The first-order valence-electron chi connectivity index (χ1n) is 11.9. The highest BCUT2D eigenvalue weighted by atomic mass is 16.5. The number of carbonyl (C=O) groups is 2. The largest absolute Gasteiger partial charge is 0.497 e. The van der Waals surface area contributed by atoms with Gasteiger partial charge in [-0.2, -0.15) is 0 Å². The van der Waals surface area contributed by atoms with Crippen molar-refractivity contribution in [1.29, 1.82) is 0 Å². The van der Waals surface area contributed by atoms with Crippen molar-refractivity contribution < 1.29 is 14.3 Å². The molecular formula is C29H29N3O3. The molecule has 1 aliphatic rings. The summed E-state index contributed by atoms with van der Waals surface area (Å²) in [5.41, 5.74) is 5.23. The molecule has 2 amide bonds. The number of hydrogen-bond acceptors (Lipinski definition) is 3. The van der Waals surface area contributed by atoms with Crippen molar-refractivity contribution >= 4 is 22.7 Å². The Morgan fingerprint density at radius 3 is 2.43 bits per heavy atom. The molecule has 0 bridgehead atoms. The maximum Gasteiger partial charge on any atom is 0.222 e. The fraction of sp³-hybridized carbons (Fsp3) is 0.241. The third-order valence-corrected chi connectivity index (χ3v) is 6.78. The third-order valence-electron chi connectivity index (χ3n) is 6.78. The number of fused-ring (bicyclic) bond motifs is 3. The lowest BCUT2D eigenvalue weighted by atomic mass is 9.86. The van der Waals surface area contributed by atoms with Gasteiger partial charge in [0.1, 0.15) is 5.75 Å². The first-order chi connectivity index (χ1) is 17.0. The van der Waals surface area contributed by atoms with Gasteiger partial charge in [0.15, 0.2) is 0 Å². The van der Waals surface area contributed by atoms with Crippen LogP contribution in [0.4, 0.5) is 0 Å². The van der Waals surface area contributed by atoms with E-state index in [-0.39, 0.29) is 30.3 Å². The molecular weight excluding hydrogens is 438 g/mol. The number of methoxy groups -OCH3 is 1. The van der Waals surface area contributed by atoms with Crippen molar-refractivity contribution in [2.24, 2.45) is 0 Å². The van der Waals surface area contributed by atoms with Crippen LogP contribution in [0.2, 0.25) is 0 Å². The number of benzene rings is 3. The van der Waals surface area contributed by atoms with Gasteiger partial charge in [0.05, 0.1) is 13.2 Å². The first kappa shape index (κ1) is 22.7. The summed E-state index contributed by atoms with van der Waals surface area (Å²) in [6, 6.07) is 25.3. The van der Waals surface area contributed by atoms with Gasteiger partial charge in [-0.1, -0.05) is 60.7 Å². The quantitative estimate of drug-likeness (QED) is 0.430. The number of aromatic amines is 1. The lowest BCUT2D eigenvalue weighted by Crippen LogP contribution is -2.48. The molecule has 1 aliphatic heterocycles. The van der Waals surface area contributed by atoms with Crippen LogP contribution in [0.3, 0.4) is 0 Å². The van der Waals surface area contributed by atoms with E-state index in [1.54, 1.807) is 14.0 Å². The van der Waals surface area contributed by atoms with E-state index in [4.69, 9.17) is 4.74 Å². The van der Waals surface area contributed by atoms with Crippen LogP contribution >= 0.6 is 0 Å². The Balaban J connectivity index is 1.51. The fourth-order valence-electron chi connectivity index (χ4n) is 5.16. The molecule has 2 N–H and O–H groups in total. The van der Waals surface area contributed by atoms with E-state index in [1.807, 2.05) is 71.6 Å². The lowest BCUT2D eigenvalue weighted by Gasteiger charge is -2.42. The lowest BCUT2D eigenvalue weighted by molar-refractivity contribution is -0.135. The zero-order valence-electron chi connectivity index (χ0n) is 20.0. The van der Waals surface area contributed by atoms with Gasteiger partial charge >= 0.3 is 0 Å². The molecule has 0 fully saturated rings. The number of amides is 2. The molecule has 178 valence electrons. The number of aromatic nitrogens is 1. The second kappa shape index (κ2) is 9.66. The SMILES string of the molecule is COc1ccc([C@@H]2c3[nH]c4ccccc4c3CC(CC(=O)NCc3ccccc3)N2C(C)=O)cc1. The van der Waals surface area contributed by atoms with Crippen LogP contribution in [0.25, 0.3) is 10.9 Å². The summed E-state index contributed by atoms with van der Waals surface area (Å²) >= 11 is 0. The molecule has 6 nitrogen and oxygen atoms in total. The second-order valence-electron chi connectivity index (χ2n) is 8.99. The Hall–Kier alpha value is -4.06. The Morgan fingerprint density at radius 1 is 1.00 bits per heavy atom. The van der Waals surface area contributed by atoms with Crippen molar-refractivity contribution in [3.05, 3.63) is 101 Å². The van der Waals surface area contributed by atoms with Gasteiger partial charge in [-0.15, -0.1) is 0 Å². The zero-order chi connectivity index (χ0) is 24.4. The van der Waals surface area contributed by atoms with Crippen LogP contribution in [0.15, 0.2) is 78.9 Å². The number of nitrogens with zero attached hydrogens (tertiary/aromatic N) is 1. The number of carbonyl (C=O) groups excluding carboxylic acids is 2. The molecule has 0 spiro atoms. The van der Waals surface area contributed by atoms with Crippen LogP contribution < -0.4 is 10.1 Å². The highest BCUT2D eigenvalue weighted by Gasteiger charge is 2.39. The monoisotopic (exact) mass is 467 g/mol. The van der Waals surface area contributed by atoms with Crippen molar-refractivity contribution in [3.8, 4) is 5.75 Å². The fourth-order valence-corrected chi connectivity index (χ4v) is 5.16. The van der Waals surface area contributed by atoms with E-state index < -0.39 is 0 Å². The number of hydrogen-bond donors (Lipinski definition) is 2. The first-order valence-corrected chi connectivity index (χ1v) is 11.9. The molecule has 0 radical (unpaired) electrons. The van der Waals surface area contributed by atoms with Crippen molar-refractivity contribution in [3.63, 3.8) is 0 Å². The molecule has 4 aromatic rings. The van der Waals surface area contributed by atoms with E-state index in [1.165, 1.54) is 5.56 Å². The van der Waals surface area contributed by atoms with Crippen LogP contribution in [0.5, 0.6) is 5.75 Å². The van der Waals surface area contributed by atoms with Gasteiger partial charge in [0, 0.05) is 42.5 Å². The Bertz CT molecular complexity index is 1340. The van der Waals surface area contributed by atoms with Gasteiger partial charge < -0.3 is 19.9 Å². The molecule has 1 unspecified atom stereocenters. The summed E-state index contributed by atoms with van der Waals surface area (Å²) in [4.78, 5) is 31.5. The number of ether oxygens (including phenoxy) is 1. The third kappa shape index (κ3) is 4.52. The molecule has 2 heterocycles. The van der Waals surface area contributed by atoms with E-state index in [0.29, 0.717) is 13.0 Å². The molecule has 1 aromatic heterocycles. The van der Waals surface area contributed by atoms with Crippen LogP contribution in [0.1, 0.15) is 41.8 Å². The van der Waals surface area contributed by atoms with Crippen molar-refractivity contribution in [2.75, 3.05) is 7.11 Å². The van der Waals surface area contributed by atoms with Gasteiger partial charge in [0.2, 0.25) is 11.8 Å². The standard InChI is InChI=1S/C29H29N3O3/c1-19(33)32-22(17-27(34)30-18-20-8-4-3-5-9-20)16-25-24-10-6-7-11-26(24)31-28(25)29(32)21-12-14-23(35-2)15-13-21/h3-15,22,29,31H,16-18H2,1-2H3,(H,30,34)/t22?,29-/m1/s1. The maximum atomic E-state index is 13.1. The smallest absolute Gasteiger partial charge is 0.222 e. The number of rotatable bonds is 6. The van der Waals surface area contributed by atoms with Gasteiger partial charge in [-0.05, 0) is 41.3 Å². The molecule has 6 heteroatoms. The van der Waals surface area contributed by atoms with Crippen LogP contribution in [-0.4, -0.2) is 34.8 Å². The molecule has 5 rings (SSSR count). The average molecular weight is 468 g/mol. The highest BCUT2D eigenvalue weighted by molar-refractivity contribution is 5.87. The van der Waals surface area contributed by atoms with E-state index in [0.717, 1.165) is 33.5 Å². The molecule has 0 saturated heterocycles. The topological polar surface area (TPSA) is 74.4 Å². The predicted molar refractivity (Wildman–Crippen MR) is 136 cm³/mol. The average Bonchev–Trinajstić information content (AvgIpc) is 3.25. The number of para-hydroxylation sites is 1. The zero-order valence-corrected chi connectivity index (χ0v) is 20.0. The highest BCUT2D eigenvalue weighted by Crippen LogP contribution is 2.42. The summed E-state index contributed by atoms with van der Waals surface area (Å²) in [6.45, 7) is 2.05. The molecule has 0 aliphatic carbocycles. The second-order valence-corrected chi connectivity index (χ2v) is 8.99. The van der Waals surface area contributed by atoms with E-state index in [2.05, 4.69) is 22.4 Å². The van der Waals surface area contributed by atoms with Gasteiger partial charge in [-0.25, -0.2) is 0 Å². The summed E-state index contributed by atoms with van der Waals surface area (Å²) in [5.74, 6) is 0.630. The molecule has 35 heavy (non-hydrogen) atoms. The summed E-state index contributed by atoms with van der Waals surface area (Å²) in [6.07, 6.45) is 0.850. The van der Waals surface area contributed by atoms with Crippen LogP contribution in [0, 0.1) is 0 Å². The summed E-state index contributed by atoms with van der Waals surface area (Å²) in [5, 5.41) is 4.17. The maximum absolute atomic E-state index is 13.1. The van der Waals surface area contributed by atoms with Crippen LogP contribution in [-0.2, 0) is 22.6 Å². The number of nitrogens with one attached hydrogen (secondary N) is 2. The minimum absolute atomic E-state index is 0.0593. The van der Waals surface area contributed by atoms with Gasteiger partial charge in [-0.3, -0.25) is 9.59 Å². The predicted octanol–water partition coefficient (Wildman–Crippen LogP) is 4.75. The Morgan fingerprint density at radius 2 is 1.71 bits per heavy atom. The number of H-pyrrole nitrogens is 1.